The molecule has 2 aromatic rings. The van der Waals surface area contributed by atoms with Gasteiger partial charge in [-0.05, 0) is 48.4 Å². The van der Waals surface area contributed by atoms with Crippen molar-refractivity contribution in [2.75, 3.05) is 16.8 Å². The molecule has 0 aliphatic carbocycles. The van der Waals surface area contributed by atoms with Crippen LogP contribution in [0.15, 0.2) is 42.5 Å². The number of anilines is 2. The SMILES string of the molecule is CC(=O)Nc1cccc(C(=O)N2CCc3cc(F)ccc32)c1. The van der Waals surface area contributed by atoms with Gasteiger partial charge in [0.15, 0.2) is 0 Å². The number of carbonyl (C=O) groups is 2. The van der Waals surface area contributed by atoms with Crippen LogP contribution in [0.25, 0.3) is 0 Å². The predicted molar refractivity (Wildman–Crippen MR) is 82.5 cm³/mol. The lowest BCUT2D eigenvalue weighted by molar-refractivity contribution is -0.114. The van der Waals surface area contributed by atoms with Crippen LogP contribution in [0.3, 0.4) is 0 Å². The second kappa shape index (κ2) is 5.60. The molecule has 5 heteroatoms. The summed E-state index contributed by atoms with van der Waals surface area (Å²) in [6.45, 7) is 1.95. The average molecular weight is 298 g/mol. The largest absolute Gasteiger partial charge is 0.326 e. The molecule has 0 fully saturated rings. The van der Waals surface area contributed by atoms with E-state index in [0.29, 0.717) is 24.2 Å². The van der Waals surface area contributed by atoms with Crippen LogP contribution in [0.4, 0.5) is 15.8 Å². The minimum atomic E-state index is -0.291. The van der Waals surface area contributed by atoms with Crippen molar-refractivity contribution in [3.05, 3.63) is 59.4 Å². The number of benzene rings is 2. The fourth-order valence-electron chi connectivity index (χ4n) is 2.67. The number of nitrogens with one attached hydrogen (secondary N) is 1. The molecule has 0 radical (unpaired) electrons. The Balaban J connectivity index is 1.88. The van der Waals surface area contributed by atoms with Crippen molar-refractivity contribution >= 4 is 23.2 Å². The molecule has 1 aliphatic rings. The molecule has 0 bridgehead atoms. The molecule has 1 aliphatic heterocycles. The molecule has 0 unspecified atom stereocenters. The van der Waals surface area contributed by atoms with E-state index < -0.39 is 0 Å². The van der Waals surface area contributed by atoms with Crippen molar-refractivity contribution in [3.63, 3.8) is 0 Å². The molecule has 0 spiro atoms. The monoisotopic (exact) mass is 298 g/mol. The Morgan fingerprint density at radius 3 is 2.77 bits per heavy atom. The summed E-state index contributed by atoms with van der Waals surface area (Å²) in [6, 6.07) is 11.3. The second-order valence-corrected chi connectivity index (χ2v) is 5.24. The molecular formula is C17H15FN2O2. The molecule has 4 nitrogen and oxygen atoms in total. The van der Waals surface area contributed by atoms with Gasteiger partial charge in [-0.2, -0.15) is 0 Å². The number of hydrogen-bond acceptors (Lipinski definition) is 2. The summed E-state index contributed by atoms with van der Waals surface area (Å²) in [6.07, 6.45) is 0.643. The number of rotatable bonds is 2. The predicted octanol–water partition coefficient (Wildman–Crippen LogP) is 2.99. The first-order chi connectivity index (χ1) is 10.5. The van der Waals surface area contributed by atoms with E-state index in [-0.39, 0.29) is 17.6 Å². The number of amides is 2. The third-order valence-corrected chi connectivity index (χ3v) is 3.61. The van der Waals surface area contributed by atoms with E-state index in [0.717, 1.165) is 11.3 Å². The number of hydrogen-bond donors (Lipinski definition) is 1. The van der Waals surface area contributed by atoms with Gasteiger partial charge < -0.3 is 10.2 Å². The maximum absolute atomic E-state index is 13.2. The van der Waals surface area contributed by atoms with Crippen LogP contribution in [0.2, 0.25) is 0 Å². The van der Waals surface area contributed by atoms with Crippen LogP contribution in [0, 0.1) is 5.82 Å². The molecule has 1 heterocycles. The molecule has 0 aromatic heterocycles. The molecule has 0 saturated carbocycles. The highest BCUT2D eigenvalue weighted by atomic mass is 19.1. The van der Waals surface area contributed by atoms with Gasteiger partial charge in [-0.1, -0.05) is 6.07 Å². The number of nitrogens with zero attached hydrogens (tertiary/aromatic N) is 1. The maximum atomic E-state index is 13.2. The van der Waals surface area contributed by atoms with Gasteiger partial charge in [0.25, 0.3) is 5.91 Å². The van der Waals surface area contributed by atoms with E-state index in [1.807, 2.05) is 0 Å². The fraction of sp³-hybridized carbons (Fsp3) is 0.176. The zero-order valence-electron chi connectivity index (χ0n) is 12.1. The molecule has 2 amide bonds. The van der Waals surface area contributed by atoms with Crippen molar-refractivity contribution in [2.45, 2.75) is 13.3 Å². The van der Waals surface area contributed by atoms with Crippen LogP contribution >= 0.6 is 0 Å². The van der Waals surface area contributed by atoms with Crippen molar-refractivity contribution < 1.29 is 14.0 Å². The van der Waals surface area contributed by atoms with E-state index in [2.05, 4.69) is 5.32 Å². The molecular weight excluding hydrogens is 283 g/mol. The van der Waals surface area contributed by atoms with E-state index in [1.165, 1.54) is 19.1 Å². The highest BCUT2D eigenvalue weighted by molar-refractivity contribution is 6.08. The normalized spacial score (nSPS) is 12.9. The van der Waals surface area contributed by atoms with Crippen molar-refractivity contribution in [1.29, 1.82) is 0 Å². The number of fused-ring (bicyclic) bond motifs is 1. The first kappa shape index (κ1) is 14.3. The Morgan fingerprint density at radius 2 is 2.00 bits per heavy atom. The van der Waals surface area contributed by atoms with Gasteiger partial charge in [0.1, 0.15) is 5.82 Å². The fourth-order valence-corrected chi connectivity index (χ4v) is 2.67. The number of carbonyl (C=O) groups excluding carboxylic acids is 2. The zero-order valence-corrected chi connectivity index (χ0v) is 12.1. The van der Waals surface area contributed by atoms with Gasteiger partial charge in [-0.15, -0.1) is 0 Å². The maximum Gasteiger partial charge on any atom is 0.258 e. The molecule has 3 rings (SSSR count). The van der Waals surface area contributed by atoms with Crippen molar-refractivity contribution in [3.8, 4) is 0 Å². The minimum Gasteiger partial charge on any atom is -0.326 e. The summed E-state index contributed by atoms with van der Waals surface area (Å²) in [5, 5.41) is 2.66. The van der Waals surface area contributed by atoms with Crippen molar-refractivity contribution in [2.24, 2.45) is 0 Å². The Labute approximate surface area is 127 Å². The minimum absolute atomic E-state index is 0.155. The summed E-state index contributed by atoms with van der Waals surface area (Å²) in [5.74, 6) is -0.634. The molecule has 112 valence electrons. The molecule has 2 aromatic carbocycles. The van der Waals surface area contributed by atoms with Gasteiger partial charge in [0.2, 0.25) is 5.91 Å². The molecule has 0 atom stereocenters. The summed E-state index contributed by atoms with van der Waals surface area (Å²) < 4.78 is 13.2. The molecule has 22 heavy (non-hydrogen) atoms. The van der Waals surface area contributed by atoms with E-state index >= 15 is 0 Å². The average Bonchev–Trinajstić information content (AvgIpc) is 2.89. The van der Waals surface area contributed by atoms with Gasteiger partial charge >= 0.3 is 0 Å². The van der Waals surface area contributed by atoms with Crippen LogP contribution in [0.5, 0.6) is 0 Å². The summed E-state index contributed by atoms with van der Waals surface area (Å²) in [5.41, 5.74) is 2.66. The highest BCUT2D eigenvalue weighted by Gasteiger charge is 2.25. The Kier molecular flexibility index (Phi) is 3.63. The Morgan fingerprint density at radius 1 is 1.18 bits per heavy atom. The van der Waals surface area contributed by atoms with E-state index in [4.69, 9.17) is 0 Å². The van der Waals surface area contributed by atoms with Crippen LogP contribution in [0.1, 0.15) is 22.8 Å². The third-order valence-electron chi connectivity index (χ3n) is 3.61. The van der Waals surface area contributed by atoms with Gasteiger partial charge in [-0.25, -0.2) is 4.39 Å². The van der Waals surface area contributed by atoms with Gasteiger partial charge in [0, 0.05) is 30.4 Å². The summed E-state index contributed by atoms with van der Waals surface area (Å²) in [7, 11) is 0. The first-order valence-corrected chi connectivity index (χ1v) is 7.02. The lowest BCUT2D eigenvalue weighted by Crippen LogP contribution is -2.28. The summed E-state index contributed by atoms with van der Waals surface area (Å²) >= 11 is 0. The first-order valence-electron chi connectivity index (χ1n) is 7.02. The van der Waals surface area contributed by atoms with E-state index in [1.54, 1.807) is 35.2 Å². The topological polar surface area (TPSA) is 49.4 Å². The Hall–Kier alpha value is -2.69. The van der Waals surface area contributed by atoms with Gasteiger partial charge in [0.05, 0.1) is 0 Å². The quantitative estimate of drug-likeness (QED) is 0.926. The standard InChI is InChI=1S/C17H15FN2O2/c1-11(21)19-15-4-2-3-13(10-15)17(22)20-8-7-12-9-14(18)5-6-16(12)20/h2-6,9-10H,7-8H2,1H3,(H,19,21). The van der Waals surface area contributed by atoms with Crippen molar-refractivity contribution in [1.82, 2.24) is 0 Å². The Bertz CT molecular complexity index is 758. The molecule has 0 saturated heterocycles. The zero-order chi connectivity index (χ0) is 15.7. The third kappa shape index (κ3) is 2.70. The smallest absolute Gasteiger partial charge is 0.258 e. The van der Waals surface area contributed by atoms with Gasteiger partial charge in [-0.3, -0.25) is 9.59 Å². The van der Waals surface area contributed by atoms with Crippen LogP contribution in [-0.4, -0.2) is 18.4 Å². The summed E-state index contributed by atoms with van der Waals surface area (Å²) in [4.78, 5) is 25.4. The lowest BCUT2D eigenvalue weighted by Gasteiger charge is -2.18. The van der Waals surface area contributed by atoms with Crippen LogP contribution in [-0.2, 0) is 11.2 Å². The van der Waals surface area contributed by atoms with E-state index in [9.17, 15) is 14.0 Å². The van der Waals surface area contributed by atoms with Crippen LogP contribution < -0.4 is 10.2 Å². The second-order valence-electron chi connectivity index (χ2n) is 5.24. The highest BCUT2D eigenvalue weighted by Crippen LogP contribution is 2.30. The number of halogens is 1. The molecule has 1 N–H and O–H groups in total. The lowest BCUT2D eigenvalue weighted by atomic mass is 10.1.